The first-order chi connectivity index (χ1) is 13.5. The van der Waals surface area contributed by atoms with Gasteiger partial charge in [-0.15, -0.1) is 11.3 Å². The number of amides is 1. The largest absolute Gasteiger partial charge is 0.467 e. The fraction of sp³-hybridized carbons (Fsp3) is 0.450. The van der Waals surface area contributed by atoms with E-state index >= 15 is 0 Å². The molecule has 28 heavy (non-hydrogen) atoms. The number of methoxy groups -OCH3 is 1. The van der Waals surface area contributed by atoms with E-state index in [1.807, 2.05) is 32.0 Å². The van der Waals surface area contributed by atoms with Crippen molar-refractivity contribution in [3.63, 3.8) is 0 Å². The summed E-state index contributed by atoms with van der Waals surface area (Å²) in [5, 5.41) is 3.83. The summed E-state index contributed by atoms with van der Waals surface area (Å²) >= 11 is 1.42. The minimum Gasteiger partial charge on any atom is -0.467 e. The first kappa shape index (κ1) is 20.3. The van der Waals surface area contributed by atoms with Gasteiger partial charge in [-0.05, 0) is 18.1 Å². The minimum atomic E-state index is -0.687. The van der Waals surface area contributed by atoms with E-state index in [-0.39, 0.29) is 11.8 Å². The Morgan fingerprint density at radius 3 is 2.68 bits per heavy atom. The van der Waals surface area contributed by atoms with Crippen LogP contribution >= 0.6 is 11.3 Å². The predicted octanol–water partition coefficient (Wildman–Crippen LogP) is 2.57. The molecule has 1 amide bonds. The molecule has 0 radical (unpaired) electrons. The van der Waals surface area contributed by atoms with E-state index in [1.165, 1.54) is 18.4 Å². The number of carbonyl (C=O) groups excluding carboxylic acids is 2. The maximum absolute atomic E-state index is 12.9. The molecule has 1 atom stereocenters. The average molecular weight is 404 g/mol. The number of carbonyl (C=O) groups is 2. The van der Waals surface area contributed by atoms with Crippen molar-refractivity contribution in [1.82, 2.24) is 10.3 Å². The van der Waals surface area contributed by atoms with Crippen molar-refractivity contribution in [2.75, 3.05) is 38.3 Å². The normalized spacial score (nSPS) is 15.4. The van der Waals surface area contributed by atoms with Gasteiger partial charge in [-0.1, -0.05) is 19.9 Å². The minimum absolute atomic E-state index is 0.0760. The summed E-state index contributed by atoms with van der Waals surface area (Å²) < 4.78 is 10.3. The third kappa shape index (κ3) is 4.51. The first-order valence-corrected chi connectivity index (χ1v) is 10.1. The van der Waals surface area contributed by atoms with Crippen LogP contribution in [0.2, 0.25) is 0 Å². The highest BCUT2D eigenvalue weighted by Crippen LogP contribution is 2.39. The van der Waals surface area contributed by atoms with Gasteiger partial charge in [0.05, 0.1) is 30.2 Å². The number of hydrogen-bond donors (Lipinski definition) is 1. The highest BCUT2D eigenvalue weighted by atomic mass is 32.1. The Balaban J connectivity index is 1.92. The molecule has 8 heteroatoms. The molecule has 0 bridgehead atoms. The Morgan fingerprint density at radius 2 is 2.07 bits per heavy atom. The van der Waals surface area contributed by atoms with E-state index in [2.05, 4.69) is 15.2 Å². The molecule has 3 rings (SSSR count). The van der Waals surface area contributed by atoms with Crippen molar-refractivity contribution < 1.29 is 19.1 Å². The fourth-order valence-corrected chi connectivity index (χ4v) is 4.20. The fourth-order valence-electron chi connectivity index (χ4n) is 3.06. The zero-order valence-electron chi connectivity index (χ0n) is 16.3. The van der Waals surface area contributed by atoms with Crippen molar-refractivity contribution in [1.29, 1.82) is 0 Å². The van der Waals surface area contributed by atoms with Gasteiger partial charge in [-0.2, -0.15) is 0 Å². The Kier molecular flexibility index (Phi) is 6.64. The van der Waals surface area contributed by atoms with Crippen molar-refractivity contribution in [3.05, 3.63) is 35.5 Å². The number of morpholine rings is 1. The molecule has 2 aromatic heterocycles. The summed E-state index contributed by atoms with van der Waals surface area (Å²) in [6.07, 6.45) is 3.51. The number of ether oxygens (including phenoxy) is 2. The number of hydrogen-bond acceptors (Lipinski definition) is 7. The van der Waals surface area contributed by atoms with Crippen molar-refractivity contribution in [2.45, 2.75) is 19.9 Å². The zero-order valence-corrected chi connectivity index (χ0v) is 17.1. The summed E-state index contributed by atoms with van der Waals surface area (Å²) in [6, 6.07) is 5.04. The van der Waals surface area contributed by atoms with Gasteiger partial charge < -0.3 is 19.7 Å². The standard InChI is InChI=1S/C20H25N3O4S/c1-13(2)17(20(25)26-3)22-18(24)16-11-15(14-5-4-6-21-12-14)19(28-16)23-7-9-27-10-8-23/h4-6,11-13,17H,7-10H2,1-3H3,(H,22,24). The molecule has 7 nitrogen and oxygen atoms in total. The molecule has 150 valence electrons. The Labute approximate surface area is 168 Å². The van der Waals surface area contributed by atoms with Crippen LogP contribution in [-0.2, 0) is 14.3 Å². The molecule has 1 N–H and O–H groups in total. The third-order valence-electron chi connectivity index (χ3n) is 4.62. The van der Waals surface area contributed by atoms with Crippen LogP contribution in [0, 0.1) is 5.92 Å². The van der Waals surface area contributed by atoms with Gasteiger partial charge in [0.15, 0.2) is 0 Å². The molecule has 1 fully saturated rings. The number of anilines is 1. The van der Waals surface area contributed by atoms with E-state index in [4.69, 9.17) is 9.47 Å². The molecule has 1 aliphatic heterocycles. The lowest BCUT2D eigenvalue weighted by molar-refractivity contribution is -0.144. The molecule has 2 aromatic rings. The van der Waals surface area contributed by atoms with Gasteiger partial charge in [0.25, 0.3) is 5.91 Å². The van der Waals surface area contributed by atoms with Crippen LogP contribution in [0.5, 0.6) is 0 Å². The second kappa shape index (κ2) is 9.16. The maximum atomic E-state index is 12.9. The second-order valence-electron chi connectivity index (χ2n) is 6.89. The number of thiophene rings is 1. The summed E-state index contributed by atoms with van der Waals surface area (Å²) in [5.41, 5.74) is 1.91. The van der Waals surface area contributed by atoms with Crippen LogP contribution in [0.25, 0.3) is 11.1 Å². The average Bonchev–Trinajstić information content (AvgIpc) is 3.18. The van der Waals surface area contributed by atoms with E-state index in [0.717, 1.165) is 29.2 Å². The number of pyridine rings is 1. The molecule has 0 spiro atoms. The lowest BCUT2D eigenvalue weighted by Gasteiger charge is -2.28. The molecule has 1 unspecified atom stereocenters. The van der Waals surface area contributed by atoms with Gasteiger partial charge in [0, 0.05) is 36.6 Å². The molecule has 1 aliphatic rings. The van der Waals surface area contributed by atoms with Crippen LogP contribution in [0.4, 0.5) is 5.00 Å². The number of nitrogens with zero attached hydrogens (tertiary/aromatic N) is 2. The van der Waals surface area contributed by atoms with Crippen LogP contribution < -0.4 is 10.2 Å². The lowest BCUT2D eigenvalue weighted by Crippen LogP contribution is -2.44. The SMILES string of the molecule is COC(=O)C(NC(=O)c1cc(-c2cccnc2)c(N2CCOCC2)s1)C(C)C. The summed E-state index contributed by atoms with van der Waals surface area (Å²) in [5.74, 6) is -0.799. The predicted molar refractivity (Wildman–Crippen MR) is 109 cm³/mol. The molecule has 0 aliphatic carbocycles. The maximum Gasteiger partial charge on any atom is 0.328 e. The number of aromatic nitrogens is 1. The molecule has 0 aromatic carbocycles. The second-order valence-corrected chi connectivity index (χ2v) is 7.92. The Morgan fingerprint density at radius 1 is 1.32 bits per heavy atom. The van der Waals surface area contributed by atoms with Gasteiger partial charge in [0.2, 0.25) is 0 Å². The van der Waals surface area contributed by atoms with Gasteiger partial charge >= 0.3 is 5.97 Å². The summed E-state index contributed by atoms with van der Waals surface area (Å²) in [4.78, 5) is 31.9. The molecular weight excluding hydrogens is 378 g/mol. The van der Waals surface area contributed by atoms with Crippen LogP contribution in [0.1, 0.15) is 23.5 Å². The van der Waals surface area contributed by atoms with Crippen molar-refractivity contribution >= 4 is 28.2 Å². The van der Waals surface area contributed by atoms with Crippen molar-refractivity contribution in [2.24, 2.45) is 5.92 Å². The number of nitrogens with one attached hydrogen (secondary N) is 1. The first-order valence-electron chi connectivity index (χ1n) is 9.27. The molecule has 1 saturated heterocycles. The Bertz CT molecular complexity index is 816. The number of esters is 1. The quantitative estimate of drug-likeness (QED) is 0.747. The topological polar surface area (TPSA) is 80.8 Å². The smallest absolute Gasteiger partial charge is 0.328 e. The molecule has 0 saturated carbocycles. The van der Waals surface area contributed by atoms with Crippen molar-refractivity contribution in [3.8, 4) is 11.1 Å². The third-order valence-corrected chi connectivity index (χ3v) is 5.81. The van der Waals surface area contributed by atoms with Crippen LogP contribution in [-0.4, -0.2) is 56.3 Å². The van der Waals surface area contributed by atoms with Crippen LogP contribution in [0.3, 0.4) is 0 Å². The molecule has 3 heterocycles. The van der Waals surface area contributed by atoms with E-state index in [9.17, 15) is 9.59 Å². The highest BCUT2D eigenvalue weighted by molar-refractivity contribution is 7.18. The summed E-state index contributed by atoms with van der Waals surface area (Å²) in [7, 11) is 1.33. The van der Waals surface area contributed by atoms with E-state index in [1.54, 1.807) is 12.4 Å². The van der Waals surface area contributed by atoms with Gasteiger partial charge in [0.1, 0.15) is 6.04 Å². The van der Waals surface area contributed by atoms with E-state index < -0.39 is 12.0 Å². The van der Waals surface area contributed by atoms with E-state index in [0.29, 0.717) is 18.1 Å². The van der Waals surface area contributed by atoms with Gasteiger partial charge in [-0.25, -0.2) is 4.79 Å². The zero-order chi connectivity index (χ0) is 20.1. The Hall–Kier alpha value is -2.45. The monoisotopic (exact) mass is 403 g/mol. The molecular formula is C20H25N3O4S. The van der Waals surface area contributed by atoms with Gasteiger partial charge in [-0.3, -0.25) is 9.78 Å². The lowest BCUT2D eigenvalue weighted by atomic mass is 10.0. The highest BCUT2D eigenvalue weighted by Gasteiger charge is 2.28. The summed E-state index contributed by atoms with van der Waals surface area (Å²) in [6.45, 7) is 6.59. The van der Waals surface area contributed by atoms with Crippen LogP contribution in [0.15, 0.2) is 30.6 Å². The number of rotatable bonds is 6.